The summed E-state index contributed by atoms with van der Waals surface area (Å²) in [7, 11) is 0. The van der Waals surface area contributed by atoms with Gasteiger partial charge in [0.2, 0.25) is 5.88 Å². The van der Waals surface area contributed by atoms with Crippen molar-refractivity contribution in [1.82, 2.24) is 15.4 Å². The van der Waals surface area contributed by atoms with Crippen LogP contribution in [0.15, 0.2) is 89.8 Å². The van der Waals surface area contributed by atoms with Crippen LogP contribution in [0.2, 0.25) is 0 Å². The predicted octanol–water partition coefficient (Wildman–Crippen LogP) is 4.70. The molecule has 0 aliphatic carbocycles. The number of hydrogen-bond acceptors (Lipinski definition) is 4. The Bertz CT molecular complexity index is 1230. The van der Waals surface area contributed by atoms with Gasteiger partial charge in [-0.3, -0.25) is 4.79 Å². The van der Waals surface area contributed by atoms with Gasteiger partial charge in [0, 0.05) is 28.8 Å². The normalized spacial score (nSPS) is 11.7. The molecule has 1 amide bonds. The van der Waals surface area contributed by atoms with Crippen molar-refractivity contribution >= 4 is 29.1 Å². The molecular formula is C25H22N4O2. The third kappa shape index (κ3) is 5.25. The first-order chi connectivity index (χ1) is 15.2. The van der Waals surface area contributed by atoms with Gasteiger partial charge in [0.1, 0.15) is 6.61 Å². The number of pyridine rings is 1. The molecule has 4 rings (SSSR count). The third-order valence-corrected chi connectivity index (χ3v) is 4.71. The Morgan fingerprint density at radius 1 is 1.13 bits per heavy atom. The maximum absolute atomic E-state index is 12.3. The van der Waals surface area contributed by atoms with Crippen molar-refractivity contribution in [1.29, 1.82) is 0 Å². The SMILES string of the molecule is CC(=Cc1ccccc1)C(=O)N/N=C/c1c[nH]c2cnc(OCc3ccccc3)cc12. The van der Waals surface area contributed by atoms with Crippen molar-refractivity contribution in [2.75, 3.05) is 0 Å². The molecule has 0 saturated carbocycles. The van der Waals surface area contributed by atoms with Crippen LogP contribution < -0.4 is 10.2 Å². The number of rotatable bonds is 7. The minimum atomic E-state index is -0.256. The Labute approximate surface area is 180 Å². The number of hydrazone groups is 1. The maximum atomic E-state index is 12.3. The number of amides is 1. The molecule has 4 aromatic rings. The summed E-state index contributed by atoms with van der Waals surface area (Å²) in [5, 5.41) is 5.01. The van der Waals surface area contributed by atoms with E-state index in [4.69, 9.17) is 4.74 Å². The lowest BCUT2D eigenvalue weighted by atomic mass is 10.1. The Morgan fingerprint density at radius 2 is 1.87 bits per heavy atom. The largest absolute Gasteiger partial charge is 0.473 e. The van der Waals surface area contributed by atoms with Crippen LogP contribution in [-0.2, 0) is 11.4 Å². The van der Waals surface area contributed by atoms with Crippen molar-refractivity contribution in [2.24, 2.45) is 5.10 Å². The summed E-state index contributed by atoms with van der Waals surface area (Å²) < 4.78 is 5.81. The van der Waals surface area contributed by atoms with Crippen LogP contribution in [0, 0.1) is 0 Å². The van der Waals surface area contributed by atoms with E-state index >= 15 is 0 Å². The number of ether oxygens (including phenoxy) is 1. The molecule has 31 heavy (non-hydrogen) atoms. The fourth-order valence-corrected chi connectivity index (χ4v) is 3.05. The predicted molar refractivity (Wildman–Crippen MR) is 123 cm³/mol. The summed E-state index contributed by atoms with van der Waals surface area (Å²) in [5.41, 5.74) is 6.86. The minimum Gasteiger partial charge on any atom is -0.473 e. The standard InChI is InChI=1S/C25H22N4O2/c1-18(12-19-8-4-2-5-9-19)25(30)29-28-15-21-14-26-23-16-27-24(13-22(21)23)31-17-20-10-6-3-7-11-20/h2-16,26H,17H2,1H3,(H,29,30)/b18-12?,28-15+. The summed E-state index contributed by atoms with van der Waals surface area (Å²) in [6, 6.07) is 21.5. The van der Waals surface area contributed by atoms with Gasteiger partial charge in [-0.15, -0.1) is 0 Å². The molecule has 0 bridgehead atoms. The summed E-state index contributed by atoms with van der Waals surface area (Å²) in [6.07, 6.45) is 6.96. The number of fused-ring (bicyclic) bond motifs is 1. The molecule has 6 heteroatoms. The molecule has 0 spiro atoms. The van der Waals surface area contributed by atoms with Gasteiger partial charge in [-0.25, -0.2) is 10.4 Å². The molecule has 0 fully saturated rings. The van der Waals surface area contributed by atoms with E-state index in [9.17, 15) is 4.79 Å². The second-order valence-electron chi connectivity index (χ2n) is 7.02. The van der Waals surface area contributed by atoms with Crippen molar-refractivity contribution in [3.8, 4) is 5.88 Å². The molecule has 0 aliphatic heterocycles. The fraction of sp³-hybridized carbons (Fsp3) is 0.0800. The molecule has 2 aromatic heterocycles. The molecule has 6 nitrogen and oxygen atoms in total. The number of H-pyrrole nitrogens is 1. The number of carbonyl (C=O) groups is 1. The van der Waals surface area contributed by atoms with Gasteiger partial charge in [0.15, 0.2) is 0 Å². The van der Waals surface area contributed by atoms with E-state index < -0.39 is 0 Å². The Morgan fingerprint density at radius 3 is 2.65 bits per heavy atom. The van der Waals surface area contributed by atoms with E-state index in [1.54, 1.807) is 19.3 Å². The molecule has 0 radical (unpaired) electrons. The number of aromatic amines is 1. The second kappa shape index (κ2) is 9.54. The lowest BCUT2D eigenvalue weighted by Crippen LogP contribution is -2.18. The van der Waals surface area contributed by atoms with E-state index in [2.05, 4.69) is 20.5 Å². The zero-order valence-electron chi connectivity index (χ0n) is 17.1. The van der Waals surface area contributed by atoms with Gasteiger partial charge in [-0.2, -0.15) is 5.10 Å². The number of aromatic nitrogens is 2. The van der Waals surface area contributed by atoms with Gasteiger partial charge in [-0.1, -0.05) is 60.7 Å². The van der Waals surface area contributed by atoms with Crippen LogP contribution >= 0.6 is 0 Å². The first-order valence-electron chi connectivity index (χ1n) is 9.89. The zero-order valence-corrected chi connectivity index (χ0v) is 17.1. The number of hydrogen-bond donors (Lipinski definition) is 2. The molecule has 2 N–H and O–H groups in total. The van der Waals surface area contributed by atoms with Crippen molar-refractivity contribution < 1.29 is 9.53 Å². The lowest BCUT2D eigenvalue weighted by molar-refractivity contribution is -0.117. The summed E-state index contributed by atoms with van der Waals surface area (Å²) in [4.78, 5) is 19.8. The van der Waals surface area contributed by atoms with E-state index in [0.717, 1.165) is 27.6 Å². The first-order valence-corrected chi connectivity index (χ1v) is 9.89. The van der Waals surface area contributed by atoms with E-state index in [-0.39, 0.29) is 5.91 Å². The van der Waals surface area contributed by atoms with Gasteiger partial charge in [-0.05, 0) is 24.1 Å². The Hall–Kier alpha value is -4.19. The number of nitrogens with zero attached hydrogens (tertiary/aromatic N) is 2. The Kier molecular flexibility index (Phi) is 6.18. The molecule has 0 unspecified atom stereocenters. The lowest BCUT2D eigenvalue weighted by Gasteiger charge is -2.05. The van der Waals surface area contributed by atoms with Crippen LogP contribution in [0.4, 0.5) is 0 Å². The van der Waals surface area contributed by atoms with Gasteiger partial charge < -0.3 is 9.72 Å². The smallest absolute Gasteiger partial charge is 0.267 e. The molecule has 2 aromatic carbocycles. The van der Waals surface area contributed by atoms with Gasteiger partial charge in [0.25, 0.3) is 5.91 Å². The molecule has 0 saturated heterocycles. The summed E-state index contributed by atoms with van der Waals surface area (Å²) in [5.74, 6) is 0.268. The monoisotopic (exact) mass is 410 g/mol. The average Bonchev–Trinajstić information content (AvgIpc) is 3.21. The van der Waals surface area contributed by atoms with Gasteiger partial charge in [0.05, 0.1) is 17.9 Å². The molecule has 2 heterocycles. The van der Waals surface area contributed by atoms with Crippen molar-refractivity contribution in [3.63, 3.8) is 0 Å². The highest BCUT2D eigenvalue weighted by atomic mass is 16.5. The quantitative estimate of drug-likeness (QED) is 0.263. The number of benzene rings is 2. The van der Waals surface area contributed by atoms with E-state index in [0.29, 0.717) is 18.1 Å². The van der Waals surface area contributed by atoms with E-state index in [1.165, 1.54) is 0 Å². The van der Waals surface area contributed by atoms with Crippen LogP contribution in [0.1, 0.15) is 23.6 Å². The fourth-order valence-electron chi connectivity index (χ4n) is 3.05. The first kappa shape index (κ1) is 20.1. The minimum absolute atomic E-state index is 0.256. The molecule has 0 aliphatic rings. The zero-order chi connectivity index (χ0) is 21.5. The highest BCUT2D eigenvalue weighted by Crippen LogP contribution is 2.21. The Balaban J connectivity index is 1.42. The maximum Gasteiger partial charge on any atom is 0.267 e. The highest BCUT2D eigenvalue weighted by molar-refractivity contribution is 6.01. The molecular weight excluding hydrogens is 388 g/mol. The summed E-state index contributed by atoms with van der Waals surface area (Å²) >= 11 is 0. The number of nitrogens with one attached hydrogen (secondary N) is 2. The highest BCUT2D eigenvalue weighted by Gasteiger charge is 2.06. The van der Waals surface area contributed by atoms with Crippen LogP contribution in [0.25, 0.3) is 17.0 Å². The molecule has 154 valence electrons. The third-order valence-electron chi connectivity index (χ3n) is 4.71. The average molecular weight is 410 g/mol. The summed E-state index contributed by atoms with van der Waals surface area (Å²) in [6.45, 7) is 2.20. The van der Waals surface area contributed by atoms with Crippen LogP contribution in [0.5, 0.6) is 5.88 Å². The van der Waals surface area contributed by atoms with Crippen molar-refractivity contribution in [3.05, 3.63) is 101 Å². The van der Waals surface area contributed by atoms with E-state index in [1.807, 2.05) is 79.0 Å². The van der Waals surface area contributed by atoms with Gasteiger partial charge >= 0.3 is 0 Å². The number of carbonyl (C=O) groups excluding carboxylic acids is 1. The van der Waals surface area contributed by atoms with Crippen LogP contribution in [-0.4, -0.2) is 22.1 Å². The topological polar surface area (TPSA) is 79.4 Å². The van der Waals surface area contributed by atoms with Crippen LogP contribution in [0.3, 0.4) is 0 Å². The second-order valence-corrected chi connectivity index (χ2v) is 7.02. The van der Waals surface area contributed by atoms with Crippen molar-refractivity contribution in [2.45, 2.75) is 13.5 Å². The molecule has 0 atom stereocenters.